The molecule has 0 fully saturated rings. The van der Waals surface area contributed by atoms with E-state index in [2.05, 4.69) is 0 Å². The van der Waals surface area contributed by atoms with E-state index in [1.54, 1.807) is 0 Å². The van der Waals surface area contributed by atoms with Crippen LogP contribution in [0.15, 0.2) is 11.8 Å². The minimum absolute atomic E-state index is 0.0799. The Bertz CT molecular complexity index is 401. The maximum absolute atomic E-state index is 11.3. The number of esters is 1. The summed E-state index contributed by atoms with van der Waals surface area (Å²) in [7, 11) is 0. The monoisotopic (exact) mass is 330 g/mol. The van der Waals surface area contributed by atoms with Crippen molar-refractivity contribution in [2.75, 3.05) is 13.2 Å². The largest absolute Gasteiger partial charge is 0.501 e. The molecule has 0 aromatic carbocycles. The van der Waals surface area contributed by atoms with Gasteiger partial charge in [-0.1, -0.05) is 0 Å². The van der Waals surface area contributed by atoms with Crippen molar-refractivity contribution in [2.24, 2.45) is 0 Å². The number of carboxylic acid groups (broad SMARTS) is 2. The van der Waals surface area contributed by atoms with Crippen molar-refractivity contribution in [2.45, 2.75) is 58.3 Å². The van der Waals surface area contributed by atoms with Crippen LogP contribution in [0.4, 0.5) is 0 Å². The van der Waals surface area contributed by atoms with Crippen LogP contribution < -0.4 is 0 Å². The molecule has 0 aliphatic carbocycles. The lowest BCUT2D eigenvalue weighted by Crippen LogP contribution is -2.06. The van der Waals surface area contributed by atoms with Gasteiger partial charge < -0.3 is 19.7 Å². The van der Waals surface area contributed by atoms with Gasteiger partial charge in [0.2, 0.25) is 0 Å². The molecule has 0 unspecified atom stereocenters. The maximum Gasteiger partial charge on any atom is 0.334 e. The summed E-state index contributed by atoms with van der Waals surface area (Å²) in [6.45, 7) is 2.31. The molecule has 2 N–H and O–H groups in total. The van der Waals surface area contributed by atoms with Crippen LogP contribution in [0.2, 0.25) is 0 Å². The van der Waals surface area contributed by atoms with E-state index in [0.29, 0.717) is 26.1 Å². The molecule has 132 valence electrons. The van der Waals surface area contributed by atoms with E-state index < -0.39 is 11.9 Å². The summed E-state index contributed by atoms with van der Waals surface area (Å²) in [5.74, 6) is -2.13. The first-order valence-corrected chi connectivity index (χ1v) is 7.82. The van der Waals surface area contributed by atoms with E-state index in [4.69, 9.17) is 19.7 Å². The van der Waals surface area contributed by atoms with Crippen molar-refractivity contribution in [3.63, 3.8) is 0 Å². The Morgan fingerprint density at radius 3 is 2.09 bits per heavy atom. The number of hydrogen-bond acceptors (Lipinski definition) is 5. The van der Waals surface area contributed by atoms with Gasteiger partial charge in [0.15, 0.2) is 0 Å². The molecule has 0 amide bonds. The topological polar surface area (TPSA) is 110 Å². The second-order valence-corrected chi connectivity index (χ2v) is 5.21. The second kappa shape index (κ2) is 13.6. The van der Waals surface area contributed by atoms with Crippen LogP contribution in [0.1, 0.15) is 58.3 Å². The SMILES string of the molecule is CC(=COCCCCCCOC(=O)CCCCC(=O)O)C(=O)O. The van der Waals surface area contributed by atoms with E-state index in [1.165, 1.54) is 13.2 Å². The zero-order valence-corrected chi connectivity index (χ0v) is 13.6. The molecule has 0 aliphatic rings. The lowest BCUT2D eigenvalue weighted by Gasteiger charge is -2.05. The van der Waals surface area contributed by atoms with Crippen LogP contribution >= 0.6 is 0 Å². The van der Waals surface area contributed by atoms with Crippen LogP contribution in [0.3, 0.4) is 0 Å². The number of rotatable bonds is 14. The first kappa shape index (κ1) is 20.9. The fraction of sp³-hybridized carbons (Fsp3) is 0.688. The summed E-state index contributed by atoms with van der Waals surface area (Å²) in [6, 6.07) is 0. The summed E-state index contributed by atoms with van der Waals surface area (Å²) >= 11 is 0. The Labute approximate surface area is 136 Å². The maximum atomic E-state index is 11.3. The van der Waals surface area contributed by atoms with E-state index in [1.807, 2.05) is 0 Å². The van der Waals surface area contributed by atoms with Gasteiger partial charge in [-0.15, -0.1) is 0 Å². The standard InChI is InChI=1S/C16H26O7/c1-13(16(20)21)12-22-10-6-2-3-7-11-23-15(19)9-5-4-8-14(17)18/h12H,2-11H2,1H3,(H,17,18)(H,20,21). The fourth-order valence-corrected chi connectivity index (χ4v) is 1.68. The predicted molar refractivity (Wildman–Crippen MR) is 82.9 cm³/mol. The molecule has 0 spiro atoms. The molecule has 0 rings (SSSR count). The third kappa shape index (κ3) is 14.6. The third-order valence-electron chi connectivity index (χ3n) is 3.04. The lowest BCUT2D eigenvalue weighted by atomic mass is 10.2. The van der Waals surface area contributed by atoms with Crippen molar-refractivity contribution in [1.29, 1.82) is 0 Å². The molecule has 0 atom stereocenters. The van der Waals surface area contributed by atoms with Gasteiger partial charge in [0.1, 0.15) is 0 Å². The molecule has 23 heavy (non-hydrogen) atoms. The highest BCUT2D eigenvalue weighted by molar-refractivity contribution is 5.85. The van der Waals surface area contributed by atoms with Gasteiger partial charge in [-0.25, -0.2) is 4.79 Å². The number of aliphatic carboxylic acids is 2. The molecule has 0 heterocycles. The average Bonchev–Trinajstić information content (AvgIpc) is 2.49. The summed E-state index contributed by atoms with van der Waals surface area (Å²) < 4.78 is 10.1. The van der Waals surface area contributed by atoms with Gasteiger partial charge in [-0.3, -0.25) is 9.59 Å². The molecule has 0 aliphatic heterocycles. The van der Waals surface area contributed by atoms with Crippen LogP contribution in [0, 0.1) is 0 Å². The minimum atomic E-state index is -0.991. The van der Waals surface area contributed by atoms with E-state index in [0.717, 1.165) is 25.7 Å². The molecule has 7 nitrogen and oxygen atoms in total. The van der Waals surface area contributed by atoms with Crippen molar-refractivity contribution in [1.82, 2.24) is 0 Å². The first-order chi connectivity index (χ1) is 10.9. The highest BCUT2D eigenvalue weighted by Crippen LogP contribution is 2.04. The summed E-state index contributed by atoms with van der Waals surface area (Å²) in [5, 5.41) is 17.1. The van der Waals surface area contributed by atoms with Crippen LogP contribution in [-0.4, -0.2) is 41.3 Å². The molecule has 0 saturated carbocycles. The van der Waals surface area contributed by atoms with Crippen molar-refractivity contribution < 1.29 is 34.1 Å². The number of carboxylic acids is 2. The van der Waals surface area contributed by atoms with Crippen molar-refractivity contribution in [3.05, 3.63) is 11.8 Å². The predicted octanol–water partition coefficient (Wildman–Crippen LogP) is 2.74. The average molecular weight is 330 g/mol. The van der Waals surface area contributed by atoms with Gasteiger partial charge in [0.05, 0.1) is 25.0 Å². The van der Waals surface area contributed by atoms with Gasteiger partial charge in [0, 0.05) is 12.8 Å². The molecule has 7 heteroatoms. The molecular weight excluding hydrogens is 304 g/mol. The number of ether oxygens (including phenoxy) is 2. The Kier molecular flexibility index (Phi) is 12.4. The Morgan fingerprint density at radius 2 is 1.48 bits per heavy atom. The van der Waals surface area contributed by atoms with Gasteiger partial charge >= 0.3 is 17.9 Å². The van der Waals surface area contributed by atoms with Gasteiger partial charge in [-0.05, 0) is 45.4 Å². The molecule has 0 aromatic rings. The minimum Gasteiger partial charge on any atom is -0.501 e. The fourth-order valence-electron chi connectivity index (χ4n) is 1.68. The smallest absolute Gasteiger partial charge is 0.334 e. The molecule has 0 aromatic heterocycles. The van der Waals surface area contributed by atoms with Crippen LogP contribution in [0.5, 0.6) is 0 Å². The second-order valence-electron chi connectivity index (χ2n) is 5.21. The highest BCUT2D eigenvalue weighted by Gasteiger charge is 2.04. The molecule has 0 bridgehead atoms. The normalized spacial score (nSPS) is 11.1. The van der Waals surface area contributed by atoms with Gasteiger partial charge in [0.25, 0.3) is 0 Å². The van der Waals surface area contributed by atoms with Crippen LogP contribution in [0.25, 0.3) is 0 Å². The number of carbonyl (C=O) groups is 3. The molecular formula is C16H26O7. The van der Waals surface area contributed by atoms with E-state index in [9.17, 15) is 14.4 Å². The lowest BCUT2D eigenvalue weighted by molar-refractivity contribution is -0.144. The van der Waals surface area contributed by atoms with Crippen molar-refractivity contribution >= 4 is 17.9 Å². The van der Waals surface area contributed by atoms with Crippen molar-refractivity contribution in [3.8, 4) is 0 Å². The highest BCUT2D eigenvalue weighted by atomic mass is 16.5. The van der Waals surface area contributed by atoms with Gasteiger partial charge in [-0.2, -0.15) is 0 Å². The molecule has 0 radical (unpaired) electrons. The Morgan fingerprint density at radius 1 is 0.870 bits per heavy atom. The van der Waals surface area contributed by atoms with E-state index in [-0.39, 0.29) is 24.4 Å². The summed E-state index contributed by atoms with van der Waals surface area (Å²) in [4.78, 5) is 32.1. The Hall–Kier alpha value is -2.05. The molecule has 0 saturated heterocycles. The summed E-state index contributed by atoms with van der Waals surface area (Å²) in [6.07, 6.45) is 6.00. The zero-order chi connectivity index (χ0) is 17.5. The third-order valence-corrected chi connectivity index (χ3v) is 3.04. The first-order valence-electron chi connectivity index (χ1n) is 7.82. The number of hydrogen-bond donors (Lipinski definition) is 2. The number of carbonyl (C=O) groups excluding carboxylic acids is 1. The zero-order valence-electron chi connectivity index (χ0n) is 13.6. The Balaban J connectivity index is 3.35. The quantitative estimate of drug-likeness (QED) is 0.218. The van der Waals surface area contributed by atoms with E-state index >= 15 is 0 Å². The van der Waals surface area contributed by atoms with Crippen LogP contribution in [-0.2, 0) is 23.9 Å². The number of unbranched alkanes of at least 4 members (excludes halogenated alkanes) is 4. The summed E-state index contributed by atoms with van der Waals surface area (Å²) in [5.41, 5.74) is 0.167.